The van der Waals surface area contributed by atoms with E-state index < -0.39 is 0 Å². The lowest BCUT2D eigenvalue weighted by Gasteiger charge is -2.30. The van der Waals surface area contributed by atoms with Crippen LogP contribution in [0.5, 0.6) is 5.75 Å². The highest BCUT2D eigenvalue weighted by Crippen LogP contribution is 2.17. The predicted molar refractivity (Wildman–Crippen MR) is 101 cm³/mol. The van der Waals surface area contributed by atoms with Crippen molar-refractivity contribution in [3.05, 3.63) is 24.3 Å². The van der Waals surface area contributed by atoms with E-state index in [0.29, 0.717) is 11.7 Å². The highest BCUT2D eigenvalue weighted by Gasteiger charge is 2.15. The van der Waals surface area contributed by atoms with Crippen molar-refractivity contribution >= 4 is 23.0 Å². The molecule has 1 aromatic rings. The van der Waals surface area contributed by atoms with Crippen LogP contribution in [-0.4, -0.2) is 42.8 Å². The van der Waals surface area contributed by atoms with Crippen molar-refractivity contribution in [2.75, 3.05) is 38.1 Å². The van der Waals surface area contributed by atoms with Gasteiger partial charge in [-0.2, -0.15) is 0 Å². The third-order valence-electron chi connectivity index (χ3n) is 4.08. The molecule has 0 aliphatic carbocycles. The van der Waals surface area contributed by atoms with Gasteiger partial charge in [0.25, 0.3) is 0 Å². The minimum atomic E-state index is 0.668. The summed E-state index contributed by atoms with van der Waals surface area (Å²) in [6.07, 6.45) is 3.84. The number of nitrogens with zero attached hydrogens (tertiary/aromatic N) is 1. The van der Waals surface area contributed by atoms with Crippen LogP contribution in [0, 0.1) is 5.92 Å². The molecule has 2 rings (SSSR count). The standard InChI is InChI=1S/C18H29N3OS/c1-3-22-17-9-4-8-16(13-17)20-18(23)19-10-6-12-21-11-5-7-15(2)14-21/h4,8-9,13,15H,3,5-7,10-12,14H2,1-2H3,(H2,19,20,23)/t15-/m0/s1. The quantitative estimate of drug-likeness (QED) is 0.589. The van der Waals surface area contributed by atoms with E-state index >= 15 is 0 Å². The third kappa shape index (κ3) is 6.75. The second kappa shape index (κ2) is 9.73. The van der Waals surface area contributed by atoms with Gasteiger partial charge in [-0.3, -0.25) is 0 Å². The first-order chi connectivity index (χ1) is 11.2. The molecule has 0 spiro atoms. The zero-order valence-corrected chi connectivity index (χ0v) is 15.1. The molecule has 1 aliphatic rings. The van der Waals surface area contributed by atoms with Gasteiger partial charge >= 0.3 is 0 Å². The molecule has 2 N–H and O–H groups in total. The summed E-state index contributed by atoms with van der Waals surface area (Å²) in [6, 6.07) is 7.87. The maximum Gasteiger partial charge on any atom is 0.170 e. The second-order valence-electron chi connectivity index (χ2n) is 6.24. The van der Waals surface area contributed by atoms with Gasteiger partial charge in [-0.1, -0.05) is 13.0 Å². The minimum absolute atomic E-state index is 0.668. The van der Waals surface area contributed by atoms with Crippen LogP contribution in [0.25, 0.3) is 0 Å². The Morgan fingerprint density at radius 3 is 3.09 bits per heavy atom. The van der Waals surface area contributed by atoms with Gasteiger partial charge in [0.05, 0.1) is 6.61 Å². The zero-order chi connectivity index (χ0) is 16.5. The minimum Gasteiger partial charge on any atom is -0.494 e. The van der Waals surface area contributed by atoms with Crippen molar-refractivity contribution in [3.63, 3.8) is 0 Å². The molecule has 0 radical (unpaired) electrons. The summed E-state index contributed by atoms with van der Waals surface area (Å²) < 4.78 is 5.49. The van der Waals surface area contributed by atoms with Gasteiger partial charge in [0.2, 0.25) is 0 Å². The largest absolute Gasteiger partial charge is 0.494 e. The van der Waals surface area contributed by atoms with E-state index in [1.54, 1.807) is 0 Å². The van der Waals surface area contributed by atoms with Crippen molar-refractivity contribution in [2.45, 2.75) is 33.1 Å². The van der Waals surface area contributed by atoms with Crippen LogP contribution in [0.1, 0.15) is 33.1 Å². The van der Waals surface area contributed by atoms with Crippen molar-refractivity contribution in [2.24, 2.45) is 5.92 Å². The van der Waals surface area contributed by atoms with Crippen molar-refractivity contribution in [3.8, 4) is 5.75 Å². The number of thiocarbonyl (C=S) groups is 1. The van der Waals surface area contributed by atoms with Gasteiger partial charge in [-0.15, -0.1) is 0 Å². The van der Waals surface area contributed by atoms with E-state index in [0.717, 1.165) is 36.9 Å². The van der Waals surface area contributed by atoms with Crippen LogP contribution in [0.15, 0.2) is 24.3 Å². The van der Waals surface area contributed by atoms with Crippen LogP contribution < -0.4 is 15.4 Å². The third-order valence-corrected chi connectivity index (χ3v) is 4.33. The molecule has 128 valence electrons. The summed E-state index contributed by atoms with van der Waals surface area (Å²) in [5.74, 6) is 1.71. The predicted octanol–water partition coefficient (Wildman–Crippen LogP) is 3.49. The number of piperidine rings is 1. The fraction of sp³-hybridized carbons (Fsp3) is 0.611. The molecule has 1 fully saturated rings. The Morgan fingerprint density at radius 2 is 2.30 bits per heavy atom. The molecule has 5 heteroatoms. The lowest BCUT2D eigenvalue weighted by Crippen LogP contribution is -2.37. The average molecular weight is 336 g/mol. The Morgan fingerprint density at radius 1 is 1.43 bits per heavy atom. The van der Waals surface area contributed by atoms with Gasteiger partial charge < -0.3 is 20.3 Å². The van der Waals surface area contributed by atoms with E-state index in [4.69, 9.17) is 17.0 Å². The first kappa shape index (κ1) is 18.0. The molecular weight excluding hydrogens is 306 g/mol. The van der Waals surface area contributed by atoms with Gasteiger partial charge in [0.1, 0.15) is 5.75 Å². The highest BCUT2D eigenvalue weighted by molar-refractivity contribution is 7.80. The number of nitrogens with one attached hydrogen (secondary N) is 2. The highest BCUT2D eigenvalue weighted by atomic mass is 32.1. The summed E-state index contributed by atoms with van der Waals surface area (Å²) in [5.41, 5.74) is 0.957. The zero-order valence-electron chi connectivity index (χ0n) is 14.3. The Labute approximate surface area is 145 Å². The van der Waals surface area contributed by atoms with E-state index in [9.17, 15) is 0 Å². The fourth-order valence-electron chi connectivity index (χ4n) is 3.00. The molecule has 0 bridgehead atoms. The number of ether oxygens (including phenoxy) is 1. The normalized spacial score (nSPS) is 18.4. The van der Waals surface area contributed by atoms with Crippen molar-refractivity contribution in [1.82, 2.24) is 10.2 Å². The lowest BCUT2D eigenvalue weighted by atomic mass is 10.0. The summed E-state index contributed by atoms with van der Waals surface area (Å²) in [4.78, 5) is 2.57. The summed E-state index contributed by atoms with van der Waals surface area (Å²) >= 11 is 5.36. The van der Waals surface area contributed by atoms with Gasteiger partial charge in [-0.05, 0) is 69.5 Å². The average Bonchev–Trinajstić information content (AvgIpc) is 2.52. The van der Waals surface area contributed by atoms with Crippen LogP contribution in [0.3, 0.4) is 0 Å². The Hall–Kier alpha value is -1.33. The fourth-order valence-corrected chi connectivity index (χ4v) is 3.22. The number of rotatable bonds is 7. The number of anilines is 1. The summed E-state index contributed by atoms with van der Waals surface area (Å²) in [6.45, 7) is 9.54. The molecule has 23 heavy (non-hydrogen) atoms. The molecule has 1 heterocycles. The molecule has 0 unspecified atom stereocenters. The maximum atomic E-state index is 5.49. The Balaban J connectivity index is 1.64. The monoisotopic (exact) mass is 335 g/mol. The molecule has 4 nitrogen and oxygen atoms in total. The van der Waals surface area contributed by atoms with Crippen LogP contribution >= 0.6 is 12.2 Å². The molecule has 0 aromatic heterocycles. The number of hydrogen-bond donors (Lipinski definition) is 2. The smallest absolute Gasteiger partial charge is 0.170 e. The first-order valence-corrected chi connectivity index (χ1v) is 9.08. The van der Waals surface area contributed by atoms with E-state index in [2.05, 4.69) is 22.5 Å². The van der Waals surface area contributed by atoms with Crippen molar-refractivity contribution in [1.29, 1.82) is 0 Å². The SMILES string of the molecule is CCOc1cccc(NC(=S)NCCCN2CCC[C@H](C)C2)c1. The van der Waals surface area contributed by atoms with Gasteiger partial charge in [-0.25, -0.2) is 0 Å². The van der Waals surface area contributed by atoms with E-state index in [-0.39, 0.29) is 0 Å². The van der Waals surface area contributed by atoms with Crippen LogP contribution in [0.4, 0.5) is 5.69 Å². The Bertz CT molecular complexity index is 495. The van der Waals surface area contributed by atoms with Gasteiger partial charge in [0.15, 0.2) is 5.11 Å². The molecule has 0 saturated carbocycles. The van der Waals surface area contributed by atoms with Crippen LogP contribution in [-0.2, 0) is 0 Å². The Kier molecular flexibility index (Phi) is 7.62. The number of benzene rings is 1. The molecule has 0 amide bonds. The van der Waals surface area contributed by atoms with E-state index in [1.165, 1.54) is 25.9 Å². The number of hydrogen-bond acceptors (Lipinski definition) is 3. The van der Waals surface area contributed by atoms with Crippen molar-refractivity contribution < 1.29 is 4.74 Å². The molecule has 1 saturated heterocycles. The lowest BCUT2D eigenvalue weighted by molar-refractivity contribution is 0.182. The maximum absolute atomic E-state index is 5.49. The molecule has 1 aromatic carbocycles. The summed E-state index contributed by atoms with van der Waals surface area (Å²) in [7, 11) is 0. The van der Waals surface area contributed by atoms with E-state index in [1.807, 2.05) is 31.2 Å². The first-order valence-electron chi connectivity index (χ1n) is 8.67. The van der Waals surface area contributed by atoms with Crippen LogP contribution in [0.2, 0.25) is 0 Å². The molecular formula is C18H29N3OS. The summed E-state index contributed by atoms with van der Waals surface area (Å²) in [5, 5.41) is 7.17. The van der Waals surface area contributed by atoms with Gasteiger partial charge in [0, 0.05) is 24.8 Å². The molecule has 1 atom stereocenters. The topological polar surface area (TPSA) is 36.5 Å². The number of likely N-dealkylation sites (tertiary alicyclic amines) is 1. The second-order valence-corrected chi connectivity index (χ2v) is 6.65. The molecule has 1 aliphatic heterocycles.